The quantitative estimate of drug-likeness (QED) is 0.298. The van der Waals surface area contributed by atoms with Crippen molar-refractivity contribution in [1.82, 2.24) is 0 Å². The van der Waals surface area contributed by atoms with Gasteiger partial charge in [0.2, 0.25) is 6.79 Å². The molecule has 0 fully saturated rings. The van der Waals surface area contributed by atoms with Crippen molar-refractivity contribution in [2.24, 2.45) is 5.92 Å². The van der Waals surface area contributed by atoms with Crippen LogP contribution in [0.4, 0.5) is 4.79 Å². The summed E-state index contributed by atoms with van der Waals surface area (Å²) in [7, 11) is 0. The molecule has 0 aliphatic carbocycles. The lowest BCUT2D eigenvalue weighted by Crippen LogP contribution is -2.17. The lowest BCUT2D eigenvalue weighted by Gasteiger charge is -2.07. The number of allylic oxidation sites excluding steroid dienone is 1. The van der Waals surface area contributed by atoms with Gasteiger partial charge in [-0.1, -0.05) is 32.9 Å². The first-order chi connectivity index (χ1) is 8.07. The van der Waals surface area contributed by atoms with Crippen LogP contribution in [0.1, 0.15) is 33.6 Å². The zero-order chi connectivity index (χ0) is 13.1. The summed E-state index contributed by atoms with van der Waals surface area (Å²) in [5.41, 5.74) is 0. The molecule has 0 unspecified atom stereocenters. The Bertz CT molecular complexity index is 258. The first-order valence-corrected chi connectivity index (χ1v) is 5.69. The van der Waals surface area contributed by atoms with Crippen molar-refractivity contribution in [2.75, 3.05) is 13.4 Å². The summed E-state index contributed by atoms with van der Waals surface area (Å²) in [4.78, 5) is 22.0. The summed E-state index contributed by atoms with van der Waals surface area (Å²) in [5, 5.41) is 0. The Kier molecular flexibility index (Phi) is 8.82. The fourth-order valence-electron chi connectivity index (χ4n) is 0.839. The van der Waals surface area contributed by atoms with Crippen LogP contribution >= 0.6 is 0 Å². The number of rotatable bonds is 7. The van der Waals surface area contributed by atoms with E-state index in [1.807, 2.05) is 19.1 Å². The molecule has 0 aliphatic rings. The van der Waals surface area contributed by atoms with E-state index in [0.717, 1.165) is 6.42 Å². The van der Waals surface area contributed by atoms with Crippen molar-refractivity contribution in [3.05, 3.63) is 12.2 Å². The Hall–Kier alpha value is -1.52. The number of carbonyl (C=O) groups is 2. The third-order valence-electron chi connectivity index (χ3n) is 1.76. The van der Waals surface area contributed by atoms with E-state index in [1.54, 1.807) is 13.8 Å². The van der Waals surface area contributed by atoms with Gasteiger partial charge in [-0.25, -0.2) is 4.79 Å². The molecule has 0 radical (unpaired) electrons. The standard InChI is InChI=1S/C12H20O5/c1-4-5-6-7-8-15-12(14)17-9-16-11(13)10(2)3/h5-6,10H,4,7-9H2,1-3H3. The molecule has 0 spiro atoms. The highest BCUT2D eigenvalue weighted by molar-refractivity contribution is 5.71. The first-order valence-electron chi connectivity index (χ1n) is 5.69. The molecule has 0 aliphatic heterocycles. The van der Waals surface area contributed by atoms with E-state index in [0.29, 0.717) is 6.42 Å². The predicted octanol–water partition coefficient (Wildman–Crippen LogP) is 2.65. The molecular weight excluding hydrogens is 224 g/mol. The van der Waals surface area contributed by atoms with Crippen LogP contribution in [0.5, 0.6) is 0 Å². The summed E-state index contributed by atoms with van der Waals surface area (Å²) in [6.07, 6.45) is 4.68. The average molecular weight is 244 g/mol. The van der Waals surface area contributed by atoms with Crippen LogP contribution in [0.2, 0.25) is 0 Å². The molecule has 0 atom stereocenters. The minimum atomic E-state index is -0.827. The molecule has 0 aromatic rings. The average Bonchev–Trinajstić information content (AvgIpc) is 2.28. The van der Waals surface area contributed by atoms with Crippen molar-refractivity contribution in [3.63, 3.8) is 0 Å². The van der Waals surface area contributed by atoms with Crippen LogP contribution in [0.15, 0.2) is 12.2 Å². The van der Waals surface area contributed by atoms with Crippen LogP contribution in [0, 0.1) is 5.92 Å². The molecule has 0 amide bonds. The predicted molar refractivity (Wildman–Crippen MR) is 62.3 cm³/mol. The van der Waals surface area contributed by atoms with Crippen LogP contribution in [-0.2, 0) is 19.0 Å². The highest BCUT2D eigenvalue weighted by Crippen LogP contribution is 1.97. The number of esters is 1. The van der Waals surface area contributed by atoms with Crippen LogP contribution in [-0.4, -0.2) is 25.5 Å². The smallest absolute Gasteiger partial charge is 0.434 e. The fourth-order valence-corrected chi connectivity index (χ4v) is 0.839. The van der Waals surface area contributed by atoms with Crippen molar-refractivity contribution >= 4 is 12.1 Å². The van der Waals surface area contributed by atoms with Crippen molar-refractivity contribution in [2.45, 2.75) is 33.6 Å². The van der Waals surface area contributed by atoms with Gasteiger partial charge in [0, 0.05) is 0 Å². The highest BCUT2D eigenvalue weighted by Gasteiger charge is 2.09. The molecule has 0 saturated heterocycles. The van der Waals surface area contributed by atoms with E-state index < -0.39 is 18.9 Å². The molecule has 0 aromatic heterocycles. The lowest BCUT2D eigenvalue weighted by molar-refractivity contribution is -0.157. The second-order valence-electron chi connectivity index (χ2n) is 3.65. The Balaban J connectivity index is 3.47. The Morgan fingerprint density at radius 3 is 2.41 bits per heavy atom. The van der Waals surface area contributed by atoms with E-state index in [2.05, 4.69) is 9.47 Å². The van der Waals surface area contributed by atoms with Crippen molar-refractivity contribution in [1.29, 1.82) is 0 Å². The summed E-state index contributed by atoms with van der Waals surface area (Å²) >= 11 is 0. The van der Waals surface area contributed by atoms with Gasteiger partial charge in [0.15, 0.2) is 0 Å². The van der Waals surface area contributed by atoms with Crippen molar-refractivity contribution in [3.8, 4) is 0 Å². The maximum atomic E-state index is 11.0. The van der Waals surface area contributed by atoms with E-state index in [-0.39, 0.29) is 12.5 Å². The van der Waals surface area contributed by atoms with Gasteiger partial charge >= 0.3 is 12.1 Å². The fraction of sp³-hybridized carbons (Fsp3) is 0.667. The molecule has 0 saturated carbocycles. The Morgan fingerprint density at radius 1 is 1.12 bits per heavy atom. The highest BCUT2D eigenvalue weighted by atomic mass is 16.8. The molecule has 0 rings (SSSR count). The maximum Gasteiger partial charge on any atom is 0.511 e. The Morgan fingerprint density at radius 2 is 1.82 bits per heavy atom. The zero-order valence-corrected chi connectivity index (χ0v) is 10.6. The number of hydrogen-bond donors (Lipinski definition) is 0. The summed E-state index contributed by atoms with van der Waals surface area (Å²) in [6, 6.07) is 0. The van der Waals surface area contributed by atoms with Gasteiger partial charge in [-0.15, -0.1) is 0 Å². The normalized spacial score (nSPS) is 10.6. The van der Waals surface area contributed by atoms with Gasteiger partial charge in [0.1, 0.15) is 0 Å². The number of hydrogen-bond acceptors (Lipinski definition) is 5. The van der Waals surface area contributed by atoms with Gasteiger partial charge in [-0.05, 0) is 12.8 Å². The van der Waals surface area contributed by atoms with Gasteiger partial charge < -0.3 is 14.2 Å². The van der Waals surface area contributed by atoms with Gasteiger partial charge in [-0.2, -0.15) is 0 Å². The van der Waals surface area contributed by atoms with Crippen LogP contribution < -0.4 is 0 Å². The monoisotopic (exact) mass is 244 g/mol. The van der Waals surface area contributed by atoms with Gasteiger partial charge in [0.25, 0.3) is 0 Å². The van der Waals surface area contributed by atoms with E-state index in [4.69, 9.17) is 4.74 Å². The maximum absolute atomic E-state index is 11.0. The molecule has 0 bridgehead atoms. The summed E-state index contributed by atoms with van der Waals surface area (Å²) < 4.78 is 13.9. The second-order valence-corrected chi connectivity index (χ2v) is 3.65. The molecule has 0 heterocycles. The molecule has 5 heteroatoms. The summed E-state index contributed by atoms with van der Waals surface area (Å²) in [5.74, 6) is -0.655. The van der Waals surface area contributed by atoms with Crippen molar-refractivity contribution < 1.29 is 23.8 Å². The minimum absolute atomic E-state index is 0.242. The van der Waals surface area contributed by atoms with Crippen LogP contribution in [0.25, 0.3) is 0 Å². The molecule has 98 valence electrons. The first kappa shape index (κ1) is 15.5. The minimum Gasteiger partial charge on any atom is -0.434 e. The molecule has 17 heavy (non-hydrogen) atoms. The topological polar surface area (TPSA) is 61.8 Å². The SMILES string of the molecule is CCC=CCCOC(=O)OCOC(=O)C(C)C. The molecule has 0 N–H and O–H groups in total. The van der Waals surface area contributed by atoms with Crippen LogP contribution in [0.3, 0.4) is 0 Å². The van der Waals surface area contributed by atoms with E-state index in [9.17, 15) is 9.59 Å². The number of carbonyl (C=O) groups excluding carboxylic acids is 2. The lowest BCUT2D eigenvalue weighted by atomic mass is 10.2. The second kappa shape index (κ2) is 9.69. The molecule has 0 aromatic carbocycles. The van der Waals surface area contributed by atoms with Gasteiger partial charge in [0.05, 0.1) is 12.5 Å². The Labute approximate surface area is 102 Å². The molecular formula is C12H20O5. The third kappa shape index (κ3) is 9.41. The third-order valence-corrected chi connectivity index (χ3v) is 1.76. The summed E-state index contributed by atoms with van der Waals surface area (Å²) in [6.45, 7) is 5.27. The van der Waals surface area contributed by atoms with E-state index in [1.165, 1.54) is 0 Å². The largest absolute Gasteiger partial charge is 0.511 e. The number of ether oxygens (including phenoxy) is 3. The zero-order valence-electron chi connectivity index (χ0n) is 10.6. The molecule has 5 nitrogen and oxygen atoms in total. The van der Waals surface area contributed by atoms with Gasteiger partial charge in [-0.3, -0.25) is 4.79 Å². The van der Waals surface area contributed by atoms with E-state index >= 15 is 0 Å².